The van der Waals surface area contributed by atoms with Crippen LogP contribution in [0.5, 0.6) is 0 Å². The highest BCUT2D eigenvalue weighted by Crippen LogP contribution is 2.29. The standard InChI is InChI=1S/C9H15ClO2.H3N/c1-12-9(11)8(10)7-5-3-2-4-6-7;/h7-8H,2-6H2,1H3;1H3. The van der Waals surface area contributed by atoms with Crippen LogP contribution in [0, 0.1) is 5.92 Å². The van der Waals surface area contributed by atoms with E-state index in [1.165, 1.54) is 26.4 Å². The van der Waals surface area contributed by atoms with Crippen LogP contribution in [0.3, 0.4) is 0 Å². The Balaban J connectivity index is 0.00000144. The summed E-state index contributed by atoms with van der Waals surface area (Å²) in [5, 5.41) is -0.421. The van der Waals surface area contributed by atoms with Gasteiger partial charge in [-0.15, -0.1) is 11.6 Å². The molecule has 0 bridgehead atoms. The highest BCUT2D eigenvalue weighted by atomic mass is 35.5. The summed E-state index contributed by atoms with van der Waals surface area (Å²) in [6.45, 7) is 0. The van der Waals surface area contributed by atoms with E-state index in [0.29, 0.717) is 5.92 Å². The summed E-state index contributed by atoms with van der Waals surface area (Å²) in [6.07, 6.45) is 5.82. The summed E-state index contributed by atoms with van der Waals surface area (Å²) in [5.41, 5.74) is 0. The van der Waals surface area contributed by atoms with Gasteiger partial charge in [-0.1, -0.05) is 19.3 Å². The van der Waals surface area contributed by atoms with Crippen molar-refractivity contribution in [1.29, 1.82) is 0 Å². The molecule has 0 aromatic heterocycles. The molecule has 0 radical (unpaired) electrons. The van der Waals surface area contributed by atoms with Crippen LogP contribution in [0.1, 0.15) is 32.1 Å². The minimum Gasteiger partial charge on any atom is -0.468 e. The Morgan fingerprint density at radius 1 is 1.38 bits per heavy atom. The molecule has 0 amide bonds. The number of hydrogen-bond acceptors (Lipinski definition) is 3. The number of carbonyl (C=O) groups excluding carboxylic acids is 1. The Kier molecular flexibility index (Phi) is 6.08. The number of alkyl halides is 1. The molecule has 1 unspecified atom stereocenters. The van der Waals surface area contributed by atoms with Crippen LogP contribution < -0.4 is 6.15 Å². The molecule has 1 aliphatic carbocycles. The molecule has 1 fully saturated rings. The van der Waals surface area contributed by atoms with E-state index in [2.05, 4.69) is 4.74 Å². The predicted molar refractivity (Wildman–Crippen MR) is 53.3 cm³/mol. The second-order valence-corrected chi connectivity index (χ2v) is 3.79. The van der Waals surface area contributed by atoms with Crippen LogP contribution in [0.4, 0.5) is 0 Å². The maximum atomic E-state index is 11.1. The van der Waals surface area contributed by atoms with Crippen molar-refractivity contribution in [3.05, 3.63) is 0 Å². The Morgan fingerprint density at radius 3 is 2.38 bits per heavy atom. The van der Waals surface area contributed by atoms with Gasteiger partial charge >= 0.3 is 5.97 Å². The van der Waals surface area contributed by atoms with Crippen LogP contribution in [-0.2, 0) is 9.53 Å². The Bertz CT molecular complexity index is 158. The summed E-state index contributed by atoms with van der Waals surface area (Å²) in [5.74, 6) is 0.0661. The van der Waals surface area contributed by atoms with Gasteiger partial charge in [-0.3, -0.25) is 4.79 Å². The van der Waals surface area contributed by atoms with Crippen molar-refractivity contribution in [3.63, 3.8) is 0 Å². The van der Waals surface area contributed by atoms with Gasteiger partial charge in [0.05, 0.1) is 7.11 Å². The fourth-order valence-electron chi connectivity index (χ4n) is 1.73. The van der Waals surface area contributed by atoms with Gasteiger partial charge in [0.1, 0.15) is 5.38 Å². The SMILES string of the molecule is COC(=O)C(Cl)C1CCCCC1.N. The van der Waals surface area contributed by atoms with Gasteiger partial charge in [0.25, 0.3) is 0 Å². The van der Waals surface area contributed by atoms with Crippen molar-refractivity contribution < 1.29 is 9.53 Å². The fourth-order valence-corrected chi connectivity index (χ4v) is 2.07. The summed E-state index contributed by atoms with van der Waals surface area (Å²) >= 11 is 5.94. The third-order valence-electron chi connectivity index (χ3n) is 2.49. The van der Waals surface area contributed by atoms with Crippen LogP contribution in [0.25, 0.3) is 0 Å². The van der Waals surface area contributed by atoms with Gasteiger partial charge in [0, 0.05) is 0 Å². The molecular formula is C9H18ClNO2. The summed E-state index contributed by atoms with van der Waals surface area (Å²) in [6, 6.07) is 0. The first kappa shape index (κ1) is 12.7. The molecule has 0 aliphatic heterocycles. The molecule has 13 heavy (non-hydrogen) atoms. The minimum absolute atomic E-state index is 0. The molecule has 3 N–H and O–H groups in total. The first-order valence-electron chi connectivity index (χ1n) is 4.47. The topological polar surface area (TPSA) is 61.3 Å². The number of carbonyl (C=O) groups is 1. The highest BCUT2D eigenvalue weighted by molar-refractivity contribution is 6.30. The molecule has 1 atom stereocenters. The largest absolute Gasteiger partial charge is 0.468 e. The number of methoxy groups -OCH3 is 1. The van der Waals surface area contributed by atoms with E-state index in [4.69, 9.17) is 11.6 Å². The van der Waals surface area contributed by atoms with E-state index >= 15 is 0 Å². The minimum atomic E-state index is -0.421. The molecule has 4 heteroatoms. The van der Waals surface area contributed by atoms with Crippen molar-refractivity contribution in [2.75, 3.05) is 7.11 Å². The van der Waals surface area contributed by atoms with Gasteiger partial charge in [0.2, 0.25) is 0 Å². The summed E-state index contributed by atoms with van der Waals surface area (Å²) < 4.78 is 4.59. The molecule has 1 rings (SSSR count). The lowest BCUT2D eigenvalue weighted by Gasteiger charge is -2.24. The molecule has 1 aliphatic rings. The first-order valence-corrected chi connectivity index (χ1v) is 4.91. The molecule has 0 aromatic rings. The third-order valence-corrected chi connectivity index (χ3v) is 3.02. The molecular weight excluding hydrogens is 190 g/mol. The van der Waals surface area contributed by atoms with Gasteiger partial charge in [-0.25, -0.2) is 0 Å². The van der Waals surface area contributed by atoms with Gasteiger partial charge < -0.3 is 10.9 Å². The molecule has 78 valence electrons. The van der Waals surface area contributed by atoms with E-state index in [9.17, 15) is 4.79 Å². The Labute approximate surface area is 84.4 Å². The van der Waals surface area contributed by atoms with Crippen molar-refractivity contribution in [2.24, 2.45) is 5.92 Å². The molecule has 1 saturated carbocycles. The first-order chi connectivity index (χ1) is 5.75. The zero-order valence-electron chi connectivity index (χ0n) is 8.09. The lowest BCUT2D eigenvalue weighted by Crippen LogP contribution is -2.27. The fraction of sp³-hybridized carbons (Fsp3) is 0.889. The normalized spacial score (nSPS) is 20.2. The maximum Gasteiger partial charge on any atom is 0.324 e. The smallest absolute Gasteiger partial charge is 0.324 e. The number of hydrogen-bond donors (Lipinski definition) is 1. The van der Waals surface area contributed by atoms with E-state index in [0.717, 1.165) is 12.8 Å². The summed E-state index contributed by atoms with van der Waals surface area (Å²) in [4.78, 5) is 11.1. The van der Waals surface area contributed by atoms with Crippen LogP contribution in [0.2, 0.25) is 0 Å². The van der Waals surface area contributed by atoms with Crippen molar-refractivity contribution in [3.8, 4) is 0 Å². The number of ether oxygens (including phenoxy) is 1. The van der Waals surface area contributed by atoms with E-state index in [1.54, 1.807) is 0 Å². The Hall–Kier alpha value is -0.280. The van der Waals surface area contributed by atoms with Crippen LogP contribution in [-0.4, -0.2) is 18.5 Å². The Morgan fingerprint density at radius 2 is 1.92 bits per heavy atom. The second kappa shape index (κ2) is 6.22. The molecule has 0 heterocycles. The quantitative estimate of drug-likeness (QED) is 0.559. The van der Waals surface area contributed by atoms with Crippen LogP contribution in [0.15, 0.2) is 0 Å². The molecule has 0 saturated heterocycles. The van der Waals surface area contributed by atoms with Crippen molar-refractivity contribution in [2.45, 2.75) is 37.5 Å². The zero-order valence-corrected chi connectivity index (χ0v) is 8.85. The van der Waals surface area contributed by atoms with Crippen molar-refractivity contribution >= 4 is 17.6 Å². The van der Waals surface area contributed by atoms with E-state index < -0.39 is 5.38 Å². The predicted octanol–water partition coefficient (Wildman–Crippen LogP) is 2.51. The van der Waals surface area contributed by atoms with Gasteiger partial charge in [0.15, 0.2) is 0 Å². The van der Waals surface area contributed by atoms with E-state index in [-0.39, 0.29) is 12.1 Å². The third kappa shape index (κ3) is 3.53. The lowest BCUT2D eigenvalue weighted by molar-refractivity contribution is -0.141. The van der Waals surface area contributed by atoms with E-state index in [1.807, 2.05) is 0 Å². The lowest BCUT2D eigenvalue weighted by atomic mass is 9.87. The second-order valence-electron chi connectivity index (χ2n) is 3.32. The number of esters is 1. The highest BCUT2D eigenvalue weighted by Gasteiger charge is 2.27. The molecule has 0 spiro atoms. The van der Waals surface area contributed by atoms with Gasteiger partial charge in [-0.2, -0.15) is 0 Å². The number of rotatable bonds is 2. The molecule has 0 aromatic carbocycles. The monoisotopic (exact) mass is 207 g/mol. The zero-order chi connectivity index (χ0) is 8.97. The maximum absolute atomic E-state index is 11.1. The van der Waals surface area contributed by atoms with Gasteiger partial charge in [-0.05, 0) is 18.8 Å². The van der Waals surface area contributed by atoms with Crippen molar-refractivity contribution in [1.82, 2.24) is 6.15 Å². The average Bonchev–Trinajstić information content (AvgIpc) is 2.17. The number of halogens is 1. The average molecular weight is 208 g/mol. The summed E-state index contributed by atoms with van der Waals surface area (Å²) in [7, 11) is 1.39. The van der Waals surface area contributed by atoms with Crippen LogP contribution >= 0.6 is 11.6 Å². The molecule has 3 nitrogen and oxygen atoms in total.